The Morgan fingerprint density at radius 2 is 1.88 bits per heavy atom. The monoisotopic (exact) mass is 355 g/mol. The fraction of sp³-hybridized carbons (Fsp3) is 0.263. The number of para-hydroxylation sites is 2. The average Bonchev–Trinajstić information content (AvgIpc) is 2.65. The van der Waals surface area contributed by atoms with Gasteiger partial charge in [-0.25, -0.2) is 5.43 Å². The highest BCUT2D eigenvalue weighted by atomic mass is 16.6. The van der Waals surface area contributed by atoms with Gasteiger partial charge in [0.15, 0.2) is 12.4 Å². The summed E-state index contributed by atoms with van der Waals surface area (Å²) in [4.78, 5) is 22.2. The molecule has 26 heavy (non-hydrogen) atoms. The van der Waals surface area contributed by atoms with Gasteiger partial charge in [-0.15, -0.1) is 0 Å². The molecule has 7 nitrogen and oxygen atoms in total. The topological polar surface area (TPSA) is 93.8 Å². The quantitative estimate of drug-likeness (QED) is 0.446. The Labute approximate surface area is 151 Å². The van der Waals surface area contributed by atoms with Gasteiger partial charge in [-0.05, 0) is 30.5 Å². The van der Waals surface area contributed by atoms with Crippen LogP contribution in [0, 0.1) is 10.1 Å². The molecule has 0 unspecified atom stereocenters. The average molecular weight is 355 g/mol. The standard InChI is InChI=1S/C19H21N3O4/c1-3-6-15-9-11-16(12-10-15)14(2)20-21-19(23)13-26-18-8-5-4-7-17(18)22(24)25/h4-5,7-12H,3,6,13H2,1-2H3,(H,21,23)/b20-14-. The van der Waals surface area contributed by atoms with Gasteiger partial charge in [-0.1, -0.05) is 49.7 Å². The molecule has 0 aliphatic heterocycles. The van der Waals surface area contributed by atoms with E-state index in [-0.39, 0.29) is 18.0 Å². The summed E-state index contributed by atoms with van der Waals surface area (Å²) in [6.07, 6.45) is 2.11. The number of amides is 1. The minimum absolute atomic E-state index is 0.0415. The molecule has 0 radical (unpaired) electrons. The van der Waals surface area contributed by atoms with Crippen molar-refractivity contribution >= 4 is 17.3 Å². The first kappa shape index (κ1) is 19.1. The summed E-state index contributed by atoms with van der Waals surface area (Å²) >= 11 is 0. The molecule has 2 aromatic carbocycles. The molecule has 1 amide bonds. The Kier molecular flexibility index (Phi) is 6.84. The second kappa shape index (κ2) is 9.31. The zero-order valence-corrected chi connectivity index (χ0v) is 14.8. The number of nitro benzene ring substituents is 1. The van der Waals surface area contributed by atoms with Crippen LogP contribution >= 0.6 is 0 Å². The van der Waals surface area contributed by atoms with E-state index in [0.29, 0.717) is 5.71 Å². The third kappa shape index (κ3) is 5.41. The molecule has 2 aromatic rings. The van der Waals surface area contributed by atoms with E-state index in [1.54, 1.807) is 13.0 Å². The highest BCUT2D eigenvalue weighted by molar-refractivity contribution is 5.99. The van der Waals surface area contributed by atoms with E-state index in [9.17, 15) is 14.9 Å². The van der Waals surface area contributed by atoms with E-state index >= 15 is 0 Å². The Morgan fingerprint density at radius 3 is 2.54 bits per heavy atom. The van der Waals surface area contributed by atoms with Gasteiger partial charge in [0, 0.05) is 6.07 Å². The van der Waals surface area contributed by atoms with Crippen LogP contribution in [0.4, 0.5) is 5.69 Å². The molecule has 0 aliphatic rings. The maximum Gasteiger partial charge on any atom is 0.310 e. The first-order valence-corrected chi connectivity index (χ1v) is 8.30. The summed E-state index contributed by atoms with van der Waals surface area (Å²) < 4.78 is 5.22. The number of benzene rings is 2. The molecule has 0 fully saturated rings. The van der Waals surface area contributed by atoms with Gasteiger partial charge >= 0.3 is 5.69 Å². The van der Waals surface area contributed by atoms with Crippen LogP contribution in [0.3, 0.4) is 0 Å². The molecule has 0 bridgehead atoms. The van der Waals surface area contributed by atoms with Crippen molar-refractivity contribution in [1.82, 2.24) is 5.43 Å². The summed E-state index contributed by atoms with van der Waals surface area (Å²) in [6, 6.07) is 13.9. The van der Waals surface area contributed by atoms with Gasteiger partial charge in [0.2, 0.25) is 0 Å². The molecule has 0 saturated carbocycles. The lowest BCUT2D eigenvalue weighted by atomic mass is 10.1. The van der Waals surface area contributed by atoms with Gasteiger partial charge in [-0.2, -0.15) is 5.10 Å². The first-order chi connectivity index (χ1) is 12.5. The molecule has 1 N–H and O–H groups in total. The van der Waals surface area contributed by atoms with Crippen molar-refractivity contribution in [3.8, 4) is 5.75 Å². The zero-order chi connectivity index (χ0) is 18.9. The Bertz CT molecular complexity index is 801. The number of nitrogens with one attached hydrogen (secondary N) is 1. The van der Waals surface area contributed by atoms with E-state index in [1.807, 2.05) is 24.3 Å². The van der Waals surface area contributed by atoms with E-state index < -0.39 is 10.8 Å². The highest BCUT2D eigenvalue weighted by Crippen LogP contribution is 2.25. The van der Waals surface area contributed by atoms with Crippen molar-refractivity contribution in [2.75, 3.05) is 6.61 Å². The lowest BCUT2D eigenvalue weighted by Gasteiger charge is -2.06. The molecule has 2 rings (SSSR count). The fourth-order valence-electron chi connectivity index (χ4n) is 2.32. The second-order valence-corrected chi connectivity index (χ2v) is 5.69. The Hall–Kier alpha value is -3.22. The second-order valence-electron chi connectivity index (χ2n) is 5.69. The molecule has 0 heterocycles. The van der Waals surface area contributed by atoms with Crippen LogP contribution in [-0.4, -0.2) is 23.1 Å². The van der Waals surface area contributed by atoms with Crippen LogP contribution in [0.1, 0.15) is 31.4 Å². The molecule has 0 saturated heterocycles. The molecular formula is C19H21N3O4. The van der Waals surface area contributed by atoms with Crippen LogP contribution in [0.5, 0.6) is 5.75 Å². The zero-order valence-electron chi connectivity index (χ0n) is 14.8. The van der Waals surface area contributed by atoms with Crippen LogP contribution in [0.2, 0.25) is 0 Å². The van der Waals surface area contributed by atoms with Gasteiger partial charge in [0.05, 0.1) is 10.6 Å². The number of hydrogen-bond donors (Lipinski definition) is 1. The van der Waals surface area contributed by atoms with E-state index in [1.165, 1.54) is 23.8 Å². The third-order valence-electron chi connectivity index (χ3n) is 3.68. The molecule has 136 valence electrons. The highest BCUT2D eigenvalue weighted by Gasteiger charge is 2.14. The van der Waals surface area contributed by atoms with Crippen molar-refractivity contribution < 1.29 is 14.5 Å². The number of hydrogen-bond acceptors (Lipinski definition) is 5. The van der Waals surface area contributed by atoms with Gasteiger partial charge in [0.1, 0.15) is 0 Å². The number of nitrogens with zero attached hydrogens (tertiary/aromatic N) is 2. The number of carbonyl (C=O) groups excluding carboxylic acids is 1. The van der Waals surface area contributed by atoms with Crippen molar-refractivity contribution in [1.29, 1.82) is 0 Å². The van der Waals surface area contributed by atoms with Gasteiger partial charge < -0.3 is 4.74 Å². The summed E-state index contributed by atoms with van der Waals surface area (Å²) in [5.41, 5.74) is 5.03. The maximum absolute atomic E-state index is 11.9. The maximum atomic E-state index is 11.9. The van der Waals surface area contributed by atoms with E-state index in [2.05, 4.69) is 17.5 Å². The number of nitro groups is 1. The number of aryl methyl sites for hydroxylation is 1. The molecule has 7 heteroatoms. The van der Waals surface area contributed by atoms with Crippen LogP contribution in [0.15, 0.2) is 53.6 Å². The number of hydrazone groups is 1. The smallest absolute Gasteiger partial charge is 0.310 e. The van der Waals surface area contributed by atoms with Crippen molar-refractivity contribution in [2.24, 2.45) is 5.10 Å². The normalized spacial score (nSPS) is 11.1. The van der Waals surface area contributed by atoms with Crippen molar-refractivity contribution in [3.05, 3.63) is 69.8 Å². The number of carbonyl (C=O) groups is 1. The molecule has 0 atom stereocenters. The SMILES string of the molecule is CCCc1ccc(/C(C)=N\NC(=O)COc2ccccc2[N+](=O)[O-])cc1. The van der Waals surface area contributed by atoms with Crippen LogP contribution in [-0.2, 0) is 11.2 Å². The number of ether oxygens (including phenoxy) is 1. The Balaban J connectivity index is 1.91. The minimum Gasteiger partial charge on any atom is -0.477 e. The molecule has 0 aromatic heterocycles. The largest absolute Gasteiger partial charge is 0.477 e. The predicted molar refractivity (Wildman–Crippen MR) is 99.4 cm³/mol. The summed E-state index contributed by atoms with van der Waals surface area (Å²) in [7, 11) is 0. The van der Waals surface area contributed by atoms with E-state index in [4.69, 9.17) is 4.74 Å². The van der Waals surface area contributed by atoms with E-state index in [0.717, 1.165) is 18.4 Å². The predicted octanol–water partition coefficient (Wildman–Crippen LogP) is 3.47. The lowest BCUT2D eigenvalue weighted by Crippen LogP contribution is -2.25. The van der Waals surface area contributed by atoms with Crippen molar-refractivity contribution in [2.45, 2.75) is 26.7 Å². The van der Waals surface area contributed by atoms with Crippen molar-refractivity contribution in [3.63, 3.8) is 0 Å². The number of rotatable bonds is 8. The lowest BCUT2D eigenvalue weighted by molar-refractivity contribution is -0.385. The first-order valence-electron chi connectivity index (χ1n) is 8.30. The fourth-order valence-corrected chi connectivity index (χ4v) is 2.32. The summed E-state index contributed by atoms with van der Waals surface area (Å²) in [5, 5.41) is 14.9. The molecular weight excluding hydrogens is 334 g/mol. The molecule has 0 aliphatic carbocycles. The third-order valence-corrected chi connectivity index (χ3v) is 3.68. The van der Waals surface area contributed by atoms with Gasteiger partial charge in [-0.3, -0.25) is 14.9 Å². The summed E-state index contributed by atoms with van der Waals surface area (Å²) in [5.74, 6) is -0.454. The minimum atomic E-state index is -0.558. The van der Waals surface area contributed by atoms with Gasteiger partial charge in [0.25, 0.3) is 5.91 Å². The molecule has 0 spiro atoms. The Morgan fingerprint density at radius 1 is 1.19 bits per heavy atom. The van der Waals surface area contributed by atoms with Crippen LogP contribution < -0.4 is 10.2 Å². The summed E-state index contributed by atoms with van der Waals surface area (Å²) in [6.45, 7) is 3.55. The van der Waals surface area contributed by atoms with Crippen LogP contribution in [0.25, 0.3) is 0 Å².